The van der Waals surface area contributed by atoms with Gasteiger partial charge >= 0.3 is 0 Å². The first-order chi connectivity index (χ1) is 17.3. The van der Waals surface area contributed by atoms with Crippen LogP contribution in [0.15, 0.2) is 36.8 Å². The summed E-state index contributed by atoms with van der Waals surface area (Å²) in [4.78, 5) is 31.4. The summed E-state index contributed by atoms with van der Waals surface area (Å²) in [6.07, 6.45) is 14.0. The lowest BCUT2D eigenvalue weighted by molar-refractivity contribution is 0.0800. The largest absolute Gasteiger partial charge is 0.383 e. The van der Waals surface area contributed by atoms with E-state index in [1.54, 1.807) is 0 Å². The van der Waals surface area contributed by atoms with E-state index in [0.717, 1.165) is 69.5 Å². The molecule has 7 heteroatoms. The smallest absolute Gasteiger partial charge is 0.188 e. The van der Waals surface area contributed by atoms with Crippen molar-refractivity contribution in [2.75, 3.05) is 5.73 Å². The number of anilines is 1. The molecule has 4 heterocycles. The number of ketones is 1. The van der Waals surface area contributed by atoms with Gasteiger partial charge in [-0.1, -0.05) is 18.1 Å². The Kier molecular flexibility index (Phi) is 4.84. The van der Waals surface area contributed by atoms with Crippen LogP contribution in [-0.2, 0) is 13.5 Å². The maximum absolute atomic E-state index is 13.5. The second-order valence-electron chi connectivity index (χ2n) is 9.95. The molecule has 4 aromatic heterocycles. The van der Waals surface area contributed by atoms with E-state index in [4.69, 9.17) is 12.2 Å². The number of Topliss-reactive ketones (excluding diaryl/α,β-unsaturated/α-hetero) is 1. The molecule has 4 aromatic rings. The standard InChI is InChI=1S/C29H26N6O/c1-5-20-12-16(2)21(14-31-20)25-22(23-27(30)32-15-33-28(23)35(25)4)18-8-10-29(11-9-18)13-19-7-6-17(3)34-24(19)26(29)36/h1,6-8,12,14-15H,9-11,13H2,2-4H3,(H2,30,32,33)/t29-/m0/s1. The molecule has 0 saturated carbocycles. The number of fused-ring (bicyclic) bond motifs is 2. The third-order valence-corrected chi connectivity index (χ3v) is 7.79. The molecule has 2 aliphatic carbocycles. The van der Waals surface area contributed by atoms with Crippen LogP contribution >= 0.6 is 0 Å². The van der Waals surface area contributed by atoms with Gasteiger partial charge in [-0.05, 0) is 68.4 Å². The highest BCUT2D eigenvalue weighted by atomic mass is 16.1. The number of aryl methyl sites for hydroxylation is 3. The molecule has 7 nitrogen and oxygen atoms in total. The quantitative estimate of drug-likeness (QED) is 0.426. The number of nitrogens with zero attached hydrogens (tertiary/aromatic N) is 5. The van der Waals surface area contributed by atoms with Crippen LogP contribution in [0.3, 0.4) is 0 Å². The van der Waals surface area contributed by atoms with Crippen LogP contribution in [0.4, 0.5) is 5.82 Å². The fraction of sp³-hybridized carbons (Fsp3) is 0.276. The molecular formula is C29H26N6O. The minimum atomic E-state index is -0.425. The number of hydrogen-bond acceptors (Lipinski definition) is 6. The molecule has 0 unspecified atom stereocenters. The van der Waals surface area contributed by atoms with Crippen LogP contribution in [0, 0.1) is 31.6 Å². The summed E-state index contributed by atoms with van der Waals surface area (Å²) >= 11 is 0. The first kappa shape index (κ1) is 22.2. The van der Waals surface area contributed by atoms with Gasteiger partial charge in [0.05, 0.1) is 11.1 Å². The molecular weight excluding hydrogens is 448 g/mol. The maximum atomic E-state index is 13.5. The van der Waals surface area contributed by atoms with Gasteiger partial charge in [0, 0.05) is 35.5 Å². The minimum absolute atomic E-state index is 0.169. The maximum Gasteiger partial charge on any atom is 0.188 e. The van der Waals surface area contributed by atoms with E-state index in [1.807, 2.05) is 39.2 Å². The number of nitrogens with two attached hydrogens (primary N) is 1. The Labute approximate surface area is 209 Å². The molecule has 36 heavy (non-hydrogen) atoms. The summed E-state index contributed by atoms with van der Waals surface area (Å²) in [5.74, 6) is 3.22. The molecule has 6 rings (SSSR count). The van der Waals surface area contributed by atoms with Crippen molar-refractivity contribution in [1.29, 1.82) is 0 Å². The molecule has 2 N–H and O–H groups in total. The van der Waals surface area contributed by atoms with Crippen molar-refractivity contribution >= 4 is 28.2 Å². The fourth-order valence-electron chi connectivity index (χ4n) is 5.90. The highest BCUT2D eigenvalue weighted by molar-refractivity contribution is 6.06. The van der Waals surface area contributed by atoms with Crippen molar-refractivity contribution < 1.29 is 4.79 Å². The molecule has 0 aromatic carbocycles. The summed E-state index contributed by atoms with van der Waals surface area (Å²) in [5, 5.41) is 0.830. The number of terminal acetylenes is 1. The van der Waals surface area contributed by atoms with Crippen LogP contribution in [-0.4, -0.2) is 30.3 Å². The van der Waals surface area contributed by atoms with E-state index < -0.39 is 5.41 Å². The van der Waals surface area contributed by atoms with Gasteiger partial charge in [0.1, 0.15) is 29.2 Å². The number of allylic oxidation sites excluding steroid dienone is 2. The number of hydrogen-bond donors (Lipinski definition) is 1. The van der Waals surface area contributed by atoms with E-state index in [9.17, 15) is 4.79 Å². The highest BCUT2D eigenvalue weighted by Crippen LogP contribution is 2.50. The first-order valence-electron chi connectivity index (χ1n) is 12.1. The van der Waals surface area contributed by atoms with Gasteiger partial charge in [0.15, 0.2) is 5.78 Å². The van der Waals surface area contributed by atoms with Gasteiger partial charge in [-0.25, -0.2) is 19.9 Å². The molecule has 0 saturated heterocycles. The Morgan fingerprint density at radius 3 is 2.75 bits per heavy atom. The lowest BCUT2D eigenvalue weighted by Crippen LogP contribution is -2.30. The predicted octanol–water partition coefficient (Wildman–Crippen LogP) is 4.60. The topological polar surface area (TPSA) is 99.6 Å². The Hall–Kier alpha value is -4.31. The van der Waals surface area contributed by atoms with Crippen molar-refractivity contribution in [2.24, 2.45) is 12.5 Å². The first-order valence-corrected chi connectivity index (χ1v) is 12.1. The molecule has 178 valence electrons. The van der Waals surface area contributed by atoms with Gasteiger partial charge in [-0.2, -0.15) is 0 Å². The average Bonchev–Trinajstić information content (AvgIpc) is 3.32. The molecule has 1 spiro atoms. The molecule has 0 aliphatic heterocycles. The molecule has 2 aliphatic rings. The molecule has 0 bridgehead atoms. The van der Waals surface area contributed by atoms with Crippen LogP contribution in [0.2, 0.25) is 0 Å². The Balaban J connectivity index is 1.50. The number of rotatable bonds is 2. The van der Waals surface area contributed by atoms with Crippen LogP contribution in [0.1, 0.15) is 57.8 Å². The van der Waals surface area contributed by atoms with E-state index in [0.29, 0.717) is 23.6 Å². The zero-order chi connectivity index (χ0) is 25.2. The van der Waals surface area contributed by atoms with Gasteiger partial charge in [-0.3, -0.25) is 4.79 Å². The monoisotopic (exact) mass is 474 g/mol. The van der Waals surface area contributed by atoms with Gasteiger partial charge < -0.3 is 10.3 Å². The van der Waals surface area contributed by atoms with Gasteiger partial charge in [0.2, 0.25) is 0 Å². The van der Waals surface area contributed by atoms with Crippen LogP contribution in [0.25, 0.3) is 27.9 Å². The summed E-state index contributed by atoms with van der Waals surface area (Å²) in [7, 11) is 1.98. The second kappa shape index (κ2) is 7.85. The van der Waals surface area contributed by atoms with Crippen molar-refractivity contribution in [3.05, 3.63) is 70.6 Å². The van der Waals surface area contributed by atoms with Crippen molar-refractivity contribution in [1.82, 2.24) is 24.5 Å². The second-order valence-corrected chi connectivity index (χ2v) is 9.95. The van der Waals surface area contributed by atoms with E-state index in [1.165, 1.54) is 6.33 Å². The van der Waals surface area contributed by atoms with Gasteiger partial charge in [-0.15, -0.1) is 6.42 Å². The SMILES string of the molecule is C#Cc1cc(C)c(-c2c(C3=CC[C@]4(CC3)Cc3ccc(C)nc3C4=O)c3c(N)ncnc3n2C)cn1. The molecule has 1 atom stereocenters. The molecule has 0 fully saturated rings. The van der Waals surface area contributed by atoms with E-state index in [-0.39, 0.29) is 5.78 Å². The number of nitrogen functional groups attached to an aromatic ring is 1. The number of pyridine rings is 2. The summed E-state index contributed by atoms with van der Waals surface area (Å²) in [6, 6.07) is 5.96. The minimum Gasteiger partial charge on any atom is -0.383 e. The zero-order valence-corrected chi connectivity index (χ0v) is 20.6. The third-order valence-electron chi connectivity index (χ3n) is 7.79. The van der Waals surface area contributed by atoms with Crippen molar-refractivity contribution in [2.45, 2.75) is 39.5 Å². The summed E-state index contributed by atoms with van der Waals surface area (Å²) < 4.78 is 2.05. The van der Waals surface area contributed by atoms with Gasteiger partial charge in [0.25, 0.3) is 0 Å². The molecule has 0 radical (unpaired) electrons. The van der Waals surface area contributed by atoms with Crippen LogP contribution in [0.5, 0.6) is 0 Å². The average molecular weight is 475 g/mol. The number of carbonyl (C=O) groups is 1. The lowest BCUT2D eigenvalue weighted by atomic mass is 9.71. The Morgan fingerprint density at radius 1 is 1.19 bits per heavy atom. The molecule has 0 amide bonds. The van der Waals surface area contributed by atoms with Crippen LogP contribution < -0.4 is 5.73 Å². The highest BCUT2D eigenvalue weighted by Gasteiger charge is 2.47. The lowest BCUT2D eigenvalue weighted by Gasteiger charge is -2.31. The normalized spacial score (nSPS) is 18.9. The predicted molar refractivity (Wildman–Crippen MR) is 140 cm³/mol. The summed E-state index contributed by atoms with van der Waals surface area (Å²) in [5.41, 5.74) is 15.1. The number of carbonyl (C=O) groups excluding carboxylic acids is 1. The van der Waals surface area contributed by atoms with Crippen molar-refractivity contribution in [3.8, 4) is 23.6 Å². The summed E-state index contributed by atoms with van der Waals surface area (Å²) in [6.45, 7) is 3.96. The Morgan fingerprint density at radius 2 is 2.03 bits per heavy atom. The van der Waals surface area contributed by atoms with E-state index >= 15 is 0 Å². The fourth-order valence-corrected chi connectivity index (χ4v) is 5.90. The van der Waals surface area contributed by atoms with Crippen molar-refractivity contribution in [3.63, 3.8) is 0 Å². The Bertz CT molecular complexity index is 1670. The third kappa shape index (κ3) is 3.11. The zero-order valence-electron chi connectivity index (χ0n) is 20.6. The van der Waals surface area contributed by atoms with E-state index in [2.05, 4.69) is 42.6 Å². The number of aromatic nitrogens is 5.